The van der Waals surface area contributed by atoms with E-state index < -0.39 is 6.04 Å². The first-order valence-electron chi connectivity index (χ1n) is 10.3. The predicted octanol–water partition coefficient (Wildman–Crippen LogP) is 4.73. The maximum absolute atomic E-state index is 13.1. The van der Waals surface area contributed by atoms with Crippen molar-refractivity contribution in [3.8, 4) is 0 Å². The summed E-state index contributed by atoms with van der Waals surface area (Å²) in [7, 11) is 0. The Kier molecular flexibility index (Phi) is 9.26. The zero-order chi connectivity index (χ0) is 21.2. The number of rotatable bonds is 10. The summed E-state index contributed by atoms with van der Waals surface area (Å²) < 4.78 is 0. The molecule has 0 saturated carbocycles. The Morgan fingerprint density at radius 2 is 1.72 bits per heavy atom. The summed E-state index contributed by atoms with van der Waals surface area (Å²) in [4.78, 5) is 28.7. The van der Waals surface area contributed by atoms with E-state index in [9.17, 15) is 9.59 Å². The van der Waals surface area contributed by atoms with Crippen molar-refractivity contribution in [3.05, 3.63) is 65.2 Å². The van der Waals surface area contributed by atoms with Crippen LogP contribution in [-0.2, 0) is 16.1 Å². The topological polar surface area (TPSA) is 49.4 Å². The summed E-state index contributed by atoms with van der Waals surface area (Å²) in [5, 5.41) is 2.88. The fourth-order valence-electron chi connectivity index (χ4n) is 3.22. The first kappa shape index (κ1) is 23.0. The lowest BCUT2D eigenvalue weighted by Gasteiger charge is -2.31. The van der Waals surface area contributed by atoms with Crippen LogP contribution in [0.5, 0.6) is 0 Å². The highest BCUT2D eigenvalue weighted by Crippen LogP contribution is 2.21. The normalized spacial score (nSPS) is 11.7. The fourth-order valence-corrected chi connectivity index (χ4v) is 4.06. The number of nitrogens with zero attached hydrogens (tertiary/aromatic N) is 1. The van der Waals surface area contributed by atoms with Gasteiger partial charge in [-0.1, -0.05) is 48.9 Å². The maximum atomic E-state index is 13.1. The average molecular weight is 413 g/mol. The van der Waals surface area contributed by atoms with Crippen LogP contribution in [-0.4, -0.2) is 35.1 Å². The molecular formula is C24H32N2O2S. The van der Waals surface area contributed by atoms with Gasteiger partial charge in [0, 0.05) is 30.2 Å². The Balaban J connectivity index is 2.11. The van der Waals surface area contributed by atoms with Gasteiger partial charge in [-0.3, -0.25) is 9.59 Å². The second-order valence-electron chi connectivity index (χ2n) is 7.18. The minimum Gasteiger partial charge on any atom is -0.355 e. The van der Waals surface area contributed by atoms with E-state index in [1.54, 1.807) is 16.7 Å². The Morgan fingerprint density at radius 1 is 1.03 bits per heavy atom. The molecule has 5 heteroatoms. The number of aryl methyl sites for hydroxylation is 2. The molecule has 4 nitrogen and oxygen atoms in total. The van der Waals surface area contributed by atoms with Crippen LogP contribution in [0.4, 0.5) is 0 Å². The molecule has 0 heterocycles. The number of likely N-dealkylation sites (N-methyl/N-ethyl adjacent to an activating group) is 1. The molecule has 29 heavy (non-hydrogen) atoms. The summed E-state index contributed by atoms with van der Waals surface area (Å²) in [6.45, 7) is 8.97. The van der Waals surface area contributed by atoms with Crippen LogP contribution < -0.4 is 5.32 Å². The van der Waals surface area contributed by atoms with Crippen LogP contribution in [0, 0.1) is 13.8 Å². The molecule has 0 fully saturated rings. The van der Waals surface area contributed by atoms with Crippen molar-refractivity contribution < 1.29 is 9.59 Å². The van der Waals surface area contributed by atoms with Crippen molar-refractivity contribution in [2.24, 2.45) is 0 Å². The van der Waals surface area contributed by atoms with E-state index in [1.165, 1.54) is 5.56 Å². The molecule has 0 aliphatic carbocycles. The zero-order valence-electron chi connectivity index (χ0n) is 17.9. The Bertz CT molecular complexity index is 805. The number of amides is 2. The largest absolute Gasteiger partial charge is 0.355 e. The fraction of sp³-hybridized carbons (Fsp3) is 0.417. The first-order valence-corrected chi connectivity index (χ1v) is 11.3. The van der Waals surface area contributed by atoms with Gasteiger partial charge in [0.2, 0.25) is 11.8 Å². The summed E-state index contributed by atoms with van der Waals surface area (Å²) >= 11 is 1.67. The van der Waals surface area contributed by atoms with Crippen molar-refractivity contribution >= 4 is 23.6 Å². The number of carbonyl (C=O) groups is 2. The van der Waals surface area contributed by atoms with E-state index in [0.29, 0.717) is 31.7 Å². The molecule has 0 aromatic heterocycles. The molecule has 2 aromatic rings. The third-order valence-corrected chi connectivity index (χ3v) is 5.96. The summed E-state index contributed by atoms with van der Waals surface area (Å²) in [5.41, 5.74) is 3.43. The van der Waals surface area contributed by atoms with Gasteiger partial charge in [-0.05, 0) is 50.5 Å². The number of carbonyl (C=O) groups excluding carboxylic acids is 2. The number of benzene rings is 2. The standard InChI is InChI=1S/C24H32N2O2S/c1-5-22(24(28)25-6-2)26(17-20-10-8-7-9-19(20)4)23(27)15-16-29-21-13-11-18(3)12-14-21/h7-14,22H,5-6,15-17H2,1-4H3,(H,25,28)/t22-/m1/s1. The maximum Gasteiger partial charge on any atom is 0.242 e. The Hall–Kier alpha value is -2.27. The van der Waals surface area contributed by atoms with E-state index in [-0.39, 0.29) is 11.8 Å². The van der Waals surface area contributed by atoms with Crippen molar-refractivity contribution in [2.45, 2.75) is 58.0 Å². The van der Waals surface area contributed by atoms with Gasteiger partial charge in [-0.25, -0.2) is 0 Å². The van der Waals surface area contributed by atoms with Gasteiger partial charge in [0.05, 0.1) is 0 Å². The average Bonchev–Trinajstić information content (AvgIpc) is 2.71. The summed E-state index contributed by atoms with van der Waals surface area (Å²) in [5.74, 6) is 0.631. The highest BCUT2D eigenvalue weighted by molar-refractivity contribution is 7.99. The monoisotopic (exact) mass is 412 g/mol. The van der Waals surface area contributed by atoms with Crippen LogP contribution in [0.2, 0.25) is 0 Å². The van der Waals surface area contributed by atoms with Crippen LogP contribution in [0.15, 0.2) is 53.4 Å². The second-order valence-corrected chi connectivity index (χ2v) is 8.35. The van der Waals surface area contributed by atoms with E-state index in [0.717, 1.165) is 16.0 Å². The number of nitrogens with one attached hydrogen (secondary N) is 1. The molecule has 156 valence electrons. The molecule has 0 spiro atoms. The smallest absolute Gasteiger partial charge is 0.242 e. The lowest BCUT2D eigenvalue weighted by Crippen LogP contribution is -2.49. The first-order chi connectivity index (χ1) is 14.0. The van der Waals surface area contributed by atoms with E-state index in [2.05, 4.69) is 36.5 Å². The molecular weight excluding hydrogens is 380 g/mol. The van der Waals surface area contributed by atoms with Crippen LogP contribution in [0.3, 0.4) is 0 Å². The van der Waals surface area contributed by atoms with Gasteiger partial charge in [0.15, 0.2) is 0 Å². The van der Waals surface area contributed by atoms with E-state index >= 15 is 0 Å². The molecule has 0 aliphatic rings. The number of hydrogen-bond donors (Lipinski definition) is 1. The summed E-state index contributed by atoms with van der Waals surface area (Å²) in [6.07, 6.45) is 0.995. The molecule has 0 saturated heterocycles. The van der Waals surface area contributed by atoms with Crippen molar-refractivity contribution in [3.63, 3.8) is 0 Å². The van der Waals surface area contributed by atoms with E-state index in [4.69, 9.17) is 0 Å². The SMILES string of the molecule is CCNC(=O)[C@@H](CC)N(Cc1ccccc1C)C(=O)CCSc1ccc(C)cc1. The van der Waals surface area contributed by atoms with Crippen molar-refractivity contribution in [2.75, 3.05) is 12.3 Å². The van der Waals surface area contributed by atoms with Crippen LogP contribution in [0.25, 0.3) is 0 Å². The van der Waals surface area contributed by atoms with Gasteiger partial charge in [-0.2, -0.15) is 0 Å². The molecule has 2 rings (SSSR count). The Labute approximate surface area is 179 Å². The minimum atomic E-state index is -0.452. The molecule has 2 aromatic carbocycles. The molecule has 0 unspecified atom stereocenters. The number of hydrogen-bond acceptors (Lipinski definition) is 3. The molecule has 1 atom stereocenters. The van der Waals surface area contributed by atoms with Gasteiger partial charge < -0.3 is 10.2 Å². The molecule has 0 aliphatic heterocycles. The summed E-state index contributed by atoms with van der Waals surface area (Å²) in [6, 6.07) is 15.9. The highest BCUT2D eigenvalue weighted by Gasteiger charge is 2.28. The predicted molar refractivity (Wildman–Crippen MR) is 121 cm³/mol. The van der Waals surface area contributed by atoms with Crippen LogP contribution in [0.1, 0.15) is 43.4 Å². The molecule has 0 radical (unpaired) electrons. The quantitative estimate of drug-likeness (QED) is 0.574. The van der Waals surface area contributed by atoms with Crippen molar-refractivity contribution in [1.82, 2.24) is 10.2 Å². The van der Waals surface area contributed by atoms with Crippen LogP contribution >= 0.6 is 11.8 Å². The van der Waals surface area contributed by atoms with E-state index in [1.807, 2.05) is 45.0 Å². The Morgan fingerprint density at radius 3 is 2.34 bits per heavy atom. The third-order valence-electron chi connectivity index (χ3n) is 4.94. The lowest BCUT2D eigenvalue weighted by atomic mass is 10.1. The van der Waals surface area contributed by atoms with Gasteiger partial charge in [-0.15, -0.1) is 11.8 Å². The van der Waals surface area contributed by atoms with Gasteiger partial charge in [0.1, 0.15) is 6.04 Å². The van der Waals surface area contributed by atoms with Gasteiger partial charge in [0.25, 0.3) is 0 Å². The highest BCUT2D eigenvalue weighted by atomic mass is 32.2. The minimum absolute atomic E-state index is 0.0194. The zero-order valence-corrected chi connectivity index (χ0v) is 18.7. The van der Waals surface area contributed by atoms with Gasteiger partial charge >= 0.3 is 0 Å². The lowest BCUT2D eigenvalue weighted by molar-refractivity contribution is -0.141. The molecule has 0 bridgehead atoms. The third kappa shape index (κ3) is 6.93. The number of thioether (sulfide) groups is 1. The molecule has 2 amide bonds. The molecule has 1 N–H and O–H groups in total. The second kappa shape index (κ2) is 11.7. The van der Waals surface area contributed by atoms with Crippen molar-refractivity contribution in [1.29, 1.82) is 0 Å².